The first-order valence-corrected chi connectivity index (χ1v) is 5.54. The van der Waals surface area contributed by atoms with Crippen molar-refractivity contribution in [3.63, 3.8) is 0 Å². The molecule has 0 fully saturated rings. The van der Waals surface area contributed by atoms with Crippen LogP contribution in [0, 0.1) is 6.92 Å². The lowest BCUT2D eigenvalue weighted by Crippen LogP contribution is -2.02. The summed E-state index contributed by atoms with van der Waals surface area (Å²) in [5, 5.41) is 0. The van der Waals surface area contributed by atoms with Crippen LogP contribution in [0.15, 0.2) is 54.6 Å². The summed E-state index contributed by atoms with van der Waals surface area (Å²) < 4.78 is 5.86. The maximum atomic E-state index is 5.86. The van der Waals surface area contributed by atoms with Crippen LogP contribution in [0.25, 0.3) is 0 Å². The van der Waals surface area contributed by atoms with Gasteiger partial charge < -0.3 is 4.74 Å². The highest BCUT2D eigenvalue weighted by Crippen LogP contribution is 2.21. The molecule has 0 saturated carbocycles. The molecule has 0 aromatic heterocycles. The van der Waals surface area contributed by atoms with E-state index in [0.717, 1.165) is 5.75 Å². The molecule has 1 nitrogen and oxygen atoms in total. The van der Waals surface area contributed by atoms with Crippen molar-refractivity contribution in [2.75, 3.05) is 0 Å². The lowest BCUT2D eigenvalue weighted by molar-refractivity contribution is 0.227. The van der Waals surface area contributed by atoms with Gasteiger partial charge in [-0.05, 0) is 31.5 Å². The van der Waals surface area contributed by atoms with E-state index in [1.54, 1.807) is 0 Å². The van der Waals surface area contributed by atoms with Crippen molar-refractivity contribution in [2.45, 2.75) is 20.0 Å². The topological polar surface area (TPSA) is 9.23 Å². The summed E-state index contributed by atoms with van der Waals surface area (Å²) >= 11 is 0. The molecule has 0 aliphatic rings. The van der Waals surface area contributed by atoms with Gasteiger partial charge in [-0.1, -0.05) is 48.0 Å². The Hall–Kier alpha value is -1.76. The van der Waals surface area contributed by atoms with E-state index in [1.807, 2.05) is 30.3 Å². The zero-order valence-electron chi connectivity index (χ0n) is 9.68. The molecule has 0 radical (unpaired) electrons. The normalized spacial score (nSPS) is 12.1. The SMILES string of the molecule is Cc1ccc(O[C@@H](C)c2ccccc2)cc1. The smallest absolute Gasteiger partial charge is 0.121 e. The third kappa shape index (κ3) is 2.63. The number of aryl methyl sites for hydroxylation is 1. The van der Waals surface area contributed by atoms with Crippen molar-refractivity contribution >= 4 is 0 Å². The molecule has 2 aromatic carbocycles. The van der Waals surface area contributed by atoms with Crippen molar-refractivity contribution in [1.29, 1.82) is 0 Å². The van der Waals surface area contributed by atoms with Crippen LogP contribution in [0.3, 0.4) is 0 Å². The highest BCUT2D eigenvalue weighted by atomic mass is 16.5. The highest BCUT2D eigenvalue weighted by molar-refractivity contribution is 5.27. The van der Waals surface area contributed by atoms with Crippen molar-refractivity contribution in [2.24, 2.45) is 0 Å². The second-order valence-corrected chi connectivity index (χ2v) is 3.98. The van der Waals surface area contributed by atoms with E-state index in [0.29, 0.717) is 0 Å². The fourth-order valence-corrected chi connectivity index (χ4v) is 1.61. The lowest BCUT2D eigenvalue weighted by Gasteiger charge is -2.15. The molecule has 0 saturated heterocycles. The van der Waals surface area contributed by atoms with Gasteiger partial charge in [-0.2, -0.15) is 0 Å². The Kier molecular flexibility index (Phi) is 3.25. The standard InChI is InChI=1S/C15H16O/c1-12-8-10-15(11-9-12)16-13(2)14-6-4-3-5-7-14/h3-11,13H,1-2H3/t13-/m0/s1. The van der Waals surface area contributed by atoms with Gasteiger partial charge in [-0.15, -0.1) is 0 Å². The minimum absolute atomic E-state index is 0.0870. The maximum absolute atomic E-state index is 5.86. The molecule has 2 aromatic rings. The second kappa shape index (κ2) is 4.84. The second-order valence-electron chi connectivity index (χ2n) is 3.98. The number of benzene rings is 2. The summed E-state index contributed by atoms with van der Waals surface area (Å²) in [5.41, 5.74) is 2.45. The maximum Gasteiger partial charge on any atom is 0.121 e. The molecular weight excluding hydrogens is 196 g/mol. The van der Waals surface area contributed by atoms with E-state index in [1.165, 1.54) is 11.1 Å². The average molecular weight is 212 g/mol. The van der Waals surface area contributed by atoms with E-state index in [-0.39, 0.29) is 6.10 Å². The molecule has 0 unspecified atom stereocenters. The van der Waals surface area contributed by atoms with Gasteiger partial charge >= 0.3 is 0 Å². The van der Waals surface area contributed by atoms with Crippen LogP contribution >= 0.6 is 0 Å². The Balaban J connectivity index is 2.08. The number of hydrogen-bond acceptors (Lipinski definition) is 1. The zero-order valence-corrected chi connectivity index (χ0v) is 9.68. The number of ether oxygens (including phenoxy) is 1. The molecular formula is C15H16O. The van der Waals surface area contributed by atoms with Gasteiger partial charge in [0.15, 0.2) is 0 Å². The molecule has 82 valence electrons. The number of hydrogen-bond donors (Lipinski definition) is 0. The summed E-state index contributed by atoms with van der Waals surface area (Å²) in [5.74, 6) is 0.918. The molecule has 16 heavy (non-hydrogen) atoms. The quantitative estimate of drug-likeness (QED) is 0.743. The minimum atomic E-state index is 0.0870. The van der Waals surface area contributed by atoms with Crippen LogP contribution in [-0.4, -0.2) is 0 Å². The van der Waals surface area contributed by atoms with Gasteiger partial charge in [0, 0.05) is 0 Å². The van der Waals surface area contributed by atoms with Gasteiger partial charge in [0.1, 0.15) is 11.9 Å². The fourth-order valence-electron chi connectivity index (χ4n) is 1.61. The van der Waals surface area contributed by atoms with Crippen LogP contribution in [0.1, 0.15) is 24.2 Å². The van der Waals surface area contributed by atoms with Crippen molar-refractivity contribution in [1.82, 2.24) is 0 Å². The third-order valence-electron chi connectivity index (χ3n) is 2.60. The van der Waals surface area contributed by atoms with E-state index >= 15 is 0 Å². The minimum Gasteiger partial charge on any atom is -0.486 e. The summed E-state index contributed by atoms with van der Waals surface area (Å²) in [7, 11) is 0. The molecule has 0 spiro atoms. The average Bonchev–Trinajstić information content (AvgIpc) is 2.33. The molecule has 0 amide bonds. The van der Waals surface area contributed by atoms with Crippen molar-refractivity contribution in [3.8, 4) is 5.75 Å². The van der Waals surface area contributed by atoms with E-state index in [9.17, 15) is 0 Å². The Bertz CT molecular complexity index is 431. The Morgan fingerprint density at radius 2 is 1.50 bits per heavy atom. The van der Waals surface area contributed by atoms with Gasteiger partial charge in [-0.25, -0.2) is 0 Å². The van der Waals surface area contributed by atoms with Crippen molar-refractivity contribution in [3.05, 3.63) is 65.7 Å². The van der Waals surface area contributed by atoms with Crippen LogP contribution in [0.2, 0.25) is 0 Å². The van der Waals surface area contributed by atoms with E-state index < -0.39 is 0 Å². The molecule has 1 atom stereocenters. The molecule has 0 aliphatic carbocycles. The zero-order chi connectivity index (χ0) is 11.4. The molecule has 0 bridgehead atoms. The predicted octanol–water partition coefficient (Wildman–Crippen LogP) is 4.14. The van der Waals surface area contributed by atoms with Crippen molar-refractivity contribution < 1.29 is 4.74 Å². The highest BCUT2D eigenvalue weighted by Gasteiger charge is 2.05. The summed E-state index contributed by atoms with van der Waals surface area (Å²) in [6, 6.07) is 18.4. The van der Waals surface area contributed by atoms with E-state index in [2.05, 4.69) is 38.1 Å². The summed E-state index contributed by atoms with van der Waals surface area (Å²) in [4.78, 5) is 0. The molecule has 0 aliphatic heterocycles. The molecule has 0 N–H and O–H groups in total. The van der Waals surface area contributed by atoms with Gasteiger partial charge in [-0.3, -0.25) is 0 Å². The molecule has 0 heterocycles. The third-order valence-corrected chi connectivity index (χ3v) is 2.60. The van der Waals surface area contributed by atoms with Crippen LogP contribution in [0.4, 0.5) is 0 Å². The number of rotatable bonds is 3. The van der Waals surface area contributed by atoms with Crippen LogP contribution in [-0.2, 0) is 0 Å². The Morgan fingerprint density at radius 1 is 0.875 bits per heavy atom. The summed E-state index contributed by atoms with van der Waals surface area (Å²) in [6.45, 7) is 4.14. The first kappa shape index (κ1) is 10.7. The summed E-state index contributed by atoms with van der Waals surface area (Å²) in [6.07, 6.45) is 0.0870. The predicted molar refractivity (Wildman–Crippen MR) is 66.7 cm³/mol. The van der Waals surface area contributed by atoms with E-state index in [4.69, 9.17) is 4.74 Å². The first-order chi connectivity index (χ1) is 7.75. The van der Waals surface area contributed by atoms with Gasteiger partial charge in [0.25, 0.3) is 0 Å². The lowest BCUT2D eigenvalue weighted by atomic mass is 10.1. The largest absolute Gasteiger partial charge is 0.486 e. The fraction of sp³-hybridized carbons (Fsp3) is 0.200. The Labute approximate surface area is 96.7 Å². The van der Waals surface area contributed by atoms with Crippen LogP contribution in [0.5, 0.6) is 5.75 Å². The van der Waals surface area contributed by atoms with Gasteiger partial charge in [0.05, 0.1) is 0 Å². The first-order valence-electron chi connectivity index (χ1n) is 5.54. The van der Waals surface area contributed by atoms with Gasteiger partial charge in [0.2, 0.25) is 0 Å². The molecule has 2 rings (SSSR count). The Morgan fingerprint density at radius 3 is 2.12 bits per heavy atom. The molecule has 1 heteroatoms. The van der Waals surface area contributed by atoms with Crippen LogP contribution < -0.4 is 4.74 Å². The monoisotopic (exact) mass is 212 g/mol.